The summed E-state index contributed by atoms with van der Waals surface area (Å²) < 4.78 is 13.7. The van der Waals surface area contributed by atoms with Gasteiger partial charge in [0.05, 0.1) is 0 Å². The van der Waals surface area contributed by atoms with Crippen molar-refractivity contribution in [2.75, 3.05) is 39.8 Å². The molecule has 0 amide bonds. The standard InChI is InChI=1S/C20H24ClFN2S/c1-23-11-13-24(14-12-23)10-2-3-16-15-18(22)6-9-20(16)25-19-7-4-17(21)5-8-19/h4-9,15H,2-3,10-14H2,1H3. The van der Waals surface area contributed by atoms with Crippen LogP contribution in [0.4, 0.5) is 4.39 Å². The molecule has 1 fully saturated rings. The molecule has 0 aliphatic carbocycles. The number of halogens is 2. The SMILES string of the molecule is CN1CCN(CCCc2cc(F)ccc2Sc2ccc(Cl)cc2)CC1. The van der Waals surface area contributed by atoms with Crippen LogP contribution in [-0.2, 0) is 6.42 Å². The van der Waals surface area contributed by atoms with E-state index in [0.717, 1.165) is 65.9 Å². The zero-order chi connectivity index (χ0) is 17.6. The molecule has 0 unspecified atom stereocenters. The van der Waals surface area contributed by atoms with Crippen LogP contribution in [0, 0.1) is 5.82 Å². The molecule has 0 N–H and O–H groups in total. The van der Waals surface area contributed by atoms with E-state index < -0.39 is 0 Å². The smallest absolute Gasteiger partial charge is 0.123 e. The van der Waals surface area contributed by atoms with Crippen molar-refractivity contribution < 1.29 is 4.39 Å². The topological polar surface area (TPSA) is 6.48 Å². The number of piperazine rings is 1. The van der Waals surface area contributed by atoms with E-state index >= 15 is 0 Å². The number of likely N-dealkylation sites (N-methyl/N-ethyl adjacent to an activating group) is 1. The van der Waals surface area contributed by atoms with E-state index in [-0.39, 0.29) is 5.82 Å². The molecular weight excluding hydrogens is 355 g/mol. The number of aryl methyl sites for hydroxylation is 1. The molecule has 1 heterocycles. The van der Waals surface area contributed by atoms with E-state index in [4.69, 9.17) is 11.6 Å². The van der Waals surface area contributed by atoms with E-state index in [2.05, 4.69) is 16.8 Å². The van der Waals surface area contributed by atoms with Crippen LogP contribution in [0.1, 0.15) is 12.0 Å². The lowest BCUT2D eigenvalue weighted by Gasteiger charge is -2.32. The van der Waals surface area contributed by atoms with Gasteiger partial charge in [-0.2, -0.15) is 0 Å². The van der Waals surface area contributed by atoms with Gasteiger partial charge in [0, 0.05) is 41.0 Å². The van der Waals surface area contributed by atoms with Crippen LogP contribution >= 0.6 is 23.4 Å². The largest absolute Gasteiger partial charge is 0.304 e. The zero-order valence-corrected chi connectivity index (χ0v) is 16.1. The minimum Gasteiger partial charge on any atom is -0.304 e. The van der Waals surface area contributed by atoms with Crippen molar-refractivity contribution in [1.29, 1.82) is 0 Å². The minimum absolute atomic E-state index is 0.157. The van der Waals surface area contributed by atoms with Gasteiger partial charge in [-0.1, -0.05) is 23.4 Å². The Morgan fingerprint density at radius 2 is 1.76 bits per heavy atom. The first-order chi connectivity index (χ1) is 12.1. The monoisotopic (exact) mass is 378 g/mol. The van der Waals surface area contributed by atoms with Crippen molar-refractivity contribution in [2.24, 2.45) is 0 Å². The second-order valence-corrected chi connectivity index (χ2v) is 8.11. The predicted octanol–water partition coefficient (Wildman–Crippen LogP) is 4.81. The molecule has 2 aromatic rings. The summed E-state index contributed by atoms with van der Waals surface area (Å²) in [6, 6.07) is 12.9. The Labute approximate surface area is 159 Å². The quantitative estimate of drug-likeness (QED) is 0.712. The molecule has 0 saturated carbocycles. The first kappa shape index (κ1) is 18.7. The van der Waals surface area contributed by atoms with Gasteiger partial charge in [-0.3, -0.25) is 0 Å². The van der Waals surface area contributed by atoms with Crippen LogP contribution in [-0.4, -0.2) is 49.6 Å². The third kappa shape index (κ3) is 5.71. The lowest BCUT2D eigenvalue weighted by molar-refractivity contribution is 0.153. The molecule has 2 aromatic carbocycles. The molecule has 0 atom stereocenters. The second-order valence-electron chi connectivity index (χ2n) is 6.56. The van der Waals surface area contributed by atoms with E-state index in [9.17, 15) is 4.39 Å². The molecule has 5 heteroatoms. The highest BCUT2D eigenvalue weighted by Gasteiger charge is 2.13. The Morgan fingerprint density at radius 1 is 1.04 bits per heavy atom. The number of hydrogen-bond donors (Lipinski definition) is 0. The summed E-state index contributed by atoms with van der Waals surface area (Å²) in [5, 5.41) is 0.732. The average Bonchev–Trinajstić information content (AvgIpc) is 2.61. The van der Waals surface area contributed by atoms with Gasteiger partial charge >= 0.3 is 0 Å². The summed E-state index contributed by atoms with van der Waals surface area (Å²) >= 11 is 7.62. The van der Waals surface area contributed by atoms with Crippen LogP contribution in [0.2, 0.25) is 5.02 Å². The second kappa shape index (κ2) is 9.04. The molecular formula is C20H24ClFN2S. The van der Waals surface area contributed by atoms with E-state index in [1.165, 1.54) is 0 Å². The van der Waals surface area contributed by atoms with Crippen molar-refractivity contribution in [3.8, 4) is 0 Å². The van der Waals surface area contributed by atoms with Gasteiger partial charge in [0.1, 0.15) is 5.82 Å². The van der Waals surface area contributed by atoms with Crippen molar-refractivity contribution in [1.82, 2.24) is 9.80 Å². The molecule has 0 spiro atoms. The minimum atomic E-state index is -0.157. The summed E-state index contributed by atoms with van der Waals surface area (Å²) in [5.41, 5.74) is 1.09. The summed E-state index contributed by atoms with van der Waals surface area (Å²) in [7, 11) is 2.17. The van der Waals surface area contributed by atoms with E-state index in [1.807, 2.05) is 30.3 Å². The molecule has 25 heavy (non-hydrogen) atoms. The summed E-state index contributed by atoms with van der Waals surface area (Å²) in [5.74, 6) is -0.157. The van der Waals surface area contributed by atoms with Crippen LogP contribution in [0.15, 0.2) is 52.3 Å². The fourth-order valence-corrected chi connectivity index (χ4v) is 4.12. The predicted molar refractivity (Wildman–Crippen MR) is 104 cm³/mol. The lowest BCUT2D eigenvalue weighted by atomic mass is 10.1. The van der Waals surface area contributed by atoms with Crippen molar-refractivity contribution in [3.05, 3.63) is 58.9 Å². The third-order valence-corrected chi connectivity index (χ3v) is 5.96. The van der Waals surface area contributed by atoms with Gasteiger partial charge in [-0.15, -0.1) is 0 Å². The maximum absolute atomic E-state index is 13.7. The molecule has 1 aliphatic rings. The average molecular weight is 379 g/mol. The Bertz CT molecular complexity index is 685. The highest BCUT2D eigenvalue weighted by Crippen LogP contribution is 2.32. The number of nitrogens with zero attached hydrogens (tertiary/aromatic N) is 2. The van der Waals surface area contributed by atoms with Crippen molar-refractivity contribution >= 4 is 23.4 Å². The first-order valence-electron chi connectivity index (χ1n) is 8.73. The summed E-state index contributed by atoms with van der Waals surface area (Å²) in [4.78, 5) is 7.12. The van der Waals surface area contributed by atoms with Gasteiger partial charge in [0.2, 0.25) is 0 Å². The third-order valence-electron chi connectivity index (χ3n) is 4.58. The van der Waals surface area contributed by atoms with Gasteiger partial charge in [0.25, 0.3) is 0 Å². The fraction of sp³-hybridized carbons (Fsp3) is 0.400. The maximum atomic E-state index is 13.7. The highest BCUT2D eigenvalue weighted by molar-refractivity contribution is 7.99. The first-order valence-corrected chi connectivity index (χ1v) is 9.92. The Hall–Kier alpha value is -1.07. The lowest BCUT2D eigenvalue weighted by Crippen LogP contribution is -2.44. The van der Waals surface area contributed by atoms with Gasteiger partial charge in [-0.05, 0) is 74.5 Å². The highest BCUT2D eigenvalue weighted by atomic mass is 35.5. The Morgan fingerprint density at radius 3 is 2.48 bits per heavy atom. The van der Waals surface area contributed by atoms with Crippen LogP contribution in [0.25, 0.3) is 0 Å². The summed E-state index contributed by atoms with van der Waals surface area (Å²) in [6.45, 7) is 5.61. The molecule has 2 nitrogen and oxygen atoms in total. The van der Waals surface area contributed by atoms with E-state index in [0.29, 0.717) is 0 Å². The van der Waals surface area contributed by atoms with Crippen LogP contribution in [0.5, 0.6) is 0 Å². The summed E-state index contributed by atoms with van der Waals surface area (Å²) in [6.07, 6.45) is 1.96. The van der Waals surface area contributed by atoms with Crippen molar-refractivity contribution in [3.63, 3.8) is 0 Å². The van der Waals surface area contributed by atoms with Crippen molar-refractivity contribution in [2.45, 2.75) is 22.6 Å². The van der Waals surface area contributed by atoms with Crippen LogP contribution in [0.3, 0.4) is 0 Å². The maximum Gasteiger partial charge on any atom is 0.123 e. The molecule has 1 saturated heterocycles. The van der Waals surface area contributed by atoms with E-state index in [1.54, 1.807) is 23.9 Å². The Balaban J connectivity index is 1.60. The molecule has 1 aliphatic heterocycles. The molecule has 134 valence electrons. The molecule has 0 aromatic heterocycles. The van der Waals surface area contributed by atoms with Gasteiger partial charge in [-0.25, -0.2) is 4.39 Å². The molecule has 0 radical (unpaired) electrons. The molecule has 0 bridgehead atoms. The number of rotatable bonds is 6. The van der Waals surface area contributed by atoms with Gasteiger partial charge in [0.15, 0.2) is 0 Å². The zero-order valence-electron chi connectivity index (χ0n) is 14.5. The van der Waals surface area contributed by atoms with Crippen LogP contribution < -0.4 is 0 Å². The number of hydrogen-bond acceptors (Lipinski definition) is 3. The van der Waals surface area contributed by atoms with Gasteiger partial charge < -0.3 is 9.80 Å². The number of benzene rings is 2. The molecule has 3 rings (SSSR count). The Kier molecular flexibility index (Phi) is 6.77. The fourth-order valence-electron chi connectivity index (χ4n) is 3.04. The normalized spacial score (nSPS) is 16.3.